The lowest BCUT2D eigenvalue weighted by atomic mass is 10.1. The fourth-order valence-electron chi connectivity index (χ4n) is 2.44. The van der Waals surface area contributed by atoms with Crippen molar-refractivity contribution in [3.8, 4) is 17.2 Å². The monoisotopic (exact) mass is 346 g/mol. The number of benzene rings is 3. The van der Waals surface area contributed by atoms with Crippen molar-refractivity contribution in [2.75, 3.05) is 0 Å². The quantitative estimate of drug-likeness (QED) is 0.507. The van der Waals surface area contributed by atoms with Gasteiger partial charge in [0.1, 0.15) is 23.9 Å². The summed E-state index contributed by atoms with van der Waals surface area (Å²) >= 11 is 0. The molecule has 3 rings (SSSR count). The van der Waals surface area contributed by atoms with E-state index in [0.717, 1.165) is 17.2 Å². The highest BCUT2D eigenvalue weighted by Crippen LogP contribution is 2.23. The molecule has 0 aromatic heterocycles. The average Bonchev–Trinajstić information content (AvgIpc) is 2.66. The summed E-state index contributed by atoms with van der Waals surface area (Å²) < 4.78 is 5.77. The summed E-state index contributed by atoms with van der Waals surface area (Å²) in [5.74, 6) is 0.0138. The van der Waals surface area contributed by atoms with E-state index in [1.807, 2.05) is 54.6 Å². The number of carbonyl (C=O) groups is 1. The van der Waals surface area contributed by atoms with E-state index in [2.05, 4.69) is 0 Å². The molecule has 0 aliphatic rings. The second-order valence-electron chi connectivity index (χ2n) is 5.75. The van der Waals surface area contributed by atoms with Crippen LogP contribution in [0.25, 0.3) is 6.08 Å². The number of hydrogen-bond acceptors (Lipinski definition) is 4. The predicted octanol–water partition coefficient (Wildman–Crippen LogP) is 4.57. The van der Waals surface area contributed by atoms with Crippen molar-refractivity contribution in [3.05, 3.63) is 95.6 Å². The van der Waals surface area contributed by atoms with Gasteiger partial charge in [0.2, 0.25) is 0 Å². The number of rotatable bonds is 6. The van der Waals surface area contributed by atoms with E-state index in [-0.39, 0.29) is 22.8 Å². The molecule has 26 heavy (non-hydrogen) atoms. The van der Waals surface area contributed by atoms with Gasteiger partial charge in [-0.15, -0.1) is 0 Å². The van der Waals surface area contributed by atoms with Gasteiger partial charge in [0, 0.05) is 6.07 Å². The molecule has 0 atom stereocenters. The molecule has 0 saturated heterocycles. The van der Waals surface area contributed by atoms with Gasteiger partial charge in [-0.1, -0.05) is 48.5 Å². The maximum Gasteiger partial charge on any atom is 0.189 e. The standard InChI is InChI=1S/C22H18O4/c23-18-10-11-20(22(25)14-18)21(24)12-9-16-7-4-8-19(13-16)26-15-17-5-2-1-3-6-17/h1-14,23,25H,15H2. The molecule has 0 heterocycles. The highest BCUT2D eigenvalue weighted by Gasteiger charge is 2.08. The fourth-order valence-corrected chi connectivity index (χ4v) is 2.44. The van der Waals surface area contributed by atoms with Crippen molar-refractivity contribution in [2.45, 2.75) is 6.61 Å². The van der Waals surface area contributed by atoms with Crippen molar-refractivity contribution in [1.82, 2.24) is 0 Å². The molecule has 0 unspecified atom stereocenters. The van der Waals surface area contributed by atoms with Crippen LogP contribution < -0.4 is 4.74 Å². The summed E-state index contributed by atoms with van der Waals surface area (Å²) in [6.07, 6.45) is 3.03. The van der Waals surface area contributed by atoms with Gasteiger partial charge in [-0.05, 0) is 41.5 Å². The smallest absolute Gasteiger partial charge is 0.189 e. The fraction of sp³-hybridized carbons (Fsp3) is 0.0455. The highest BCUT2D eigenvalue weighted by molar-refractivity contribution is 6.08. The van der Waals surface area contributed by atoms with Crippen LogP contribution in [0.5, 0.6) is 17.2 Å². The first kappa shape index (κ1) is 17.3. The lowest BCUT2D eigenvalue weighted by Gasteiger charge is -2.07. The number of phenolic OH excluding ortho intramolecular Hbond substituents is 2. The van der Waals surface area contributed by atoms with Crippen molar-refractivity contribution < 1.29 is 19.7 Å². The van der Waals surface area contributed by atoms with Gasteiger partial charge in [-0.25, -0.2) is 0 Å². The van der Waals surface area contributed by atoms with Crippen LogP contribution in [0.15, 0.2) is 78.9 Å². The van der Waals surface area contributed by atoms with E-state index in [1.165, 1.54) is 18.2 Å². The van der Waals surface area contributed by atoms with E-state index < -0.39 is 0 Å². The molecule has 0 radical (unpaired) electrons. The molecule has 0 fully saturated rings. The summed E-state index contributed by atoms with van der Waals surface area (Å²) in [6.45, 7) is 0.467. The van der Waals surface area contributed by atoms with E-state index in [9.17, 15) is 15.0 Å². The van der Waals surface area contributed by atoms with Gasteiger partial charge in [-0.3, -0.25) is 4.79 Å². The van der Waals surface area contributed by atoms with Crippen molar-refractivity contribution in [1.29, 1.82) is 0 Å². The van der Waals surface area contributed by atoms with E-state index in [0.29, 0.717) is 12.4 Å². The second kappa shape index (κ2) is 8.03. The van der Waals surface area contributed by atoms with Gasteiger partial charge in [0.15, 0.2) is 5.78 Å². The van der Waals surface area contributed by atoms with E-state index in [4.69, 9.17) is 4.74 Å². The van der Waals surface area contributed by atoms with Crippen LogP contribution in [-0.4, -0.2) is 16.0 Å². The Morgan fingerprint density at radius 3 is 2.50 bits per heavy atom. The summed E-state index contributed by atoms with van der Waals surface area (Å²) in [5.41, 5.74) is 2.02. The normalized spacial score (nSPS) is 10.8. The summed E-state index contributed by atoms with van der Waals surface area (Å²) in [4.78, 5) is 12.2. The van der Waals surface area contributed by atoms with Crippen molar-refractivity contribution >= 4 is 11.9 Å². The topological polar surface area (TPSA) is 66.8 Å². The molecular formula is C22H18O4. The molecule has 3 aromatic rings. The van der Waals surface area contributed by atoms with Crippen molar-refractivity contribution in [2.24, 2.45) is 0 Å². The second-order valence-corrected chi connectivity index (χ2v) is 5.75. The third-order valence-corrected chi connectivity index (χ3v) is 3.78. The third kappa shape index (κ3) is 4.51. The van der Waals surface area contributed by atoms with Crippen LogP contribution in [0.3, 0.4) is 0 Å². The Morgan fingerprint density at radius 2 is 1.73 bits per heavy atom. The Hall–Kier alpha value is -3.53. The molecule has 130 valence electrons. The number of ketones is 1. The van der Waals surface area contributed by atoms with E-state index >= 15 is 0 Å². The zero-order valence-electron chi connectivity index (χ0n) is 14.0. The molecule has 3 aromatic carbocycles. The first-order valence-corrected chi connectivity index (χ1v) is 8.13. The number of aromatic hydroxyl groups is 2. The predicted molar refractivity (Wildman–Crippen MR) is 100 cm³/mol. The van der Waals surface area contributed by atoms with Crippen LogP contribution in [0.1, 0.15) is 21.5 Å². The zero-order valence-corrected chi connectivity index (χ0v) is 14.0. The number of ether oxygens (including phenoxy) is 1. The van der Waals surface area contributed by atoms with Gasteiger partial charge in [0.25, 0.3) is 0 Å². The number of allylic oxidation sites excluding steroid dienone is 1. The van der Waals surface area contributed by atoms with Crippen LogP contribution in [0, 0.1) is 0 Å². The van der Waals surface area contributed by atoms with Gasteiger partial charge in [-0.2, -0.15) is 0 Å². The molecular weight excluding hydrogens is 328 g/mol. The third-order valence-electron chi connectivity index (χ3n) is 3.78. The number of carbonyl (C=O) groups excluding carboxylic acids is 1. The Kier molecular flexibility index (Phi) is 5.34. The van der Waals surface area contributed by atoms with Crippen LogP contribution >= 0.6 is 0 Å². The minimum atomic E-state index is -0.349. The first-order chi connectivity index (χ1) is 12.6. The first-order valence-electron chi connectivity index (χ1n) is 8.13. The molecule has 0 aliphatic carbocycles. The van der Waals surface area contributed by atoms with Gasteiger partial charge in [0.05, 0.1) is 5.56 Å². The Morgan fingerprint density at radius 1 is 0.923 bits per heavy atom. The average molecular weight is 346 g/mol. The maximum atomic E-state index is 12.2. The molecule has 4 heteroatoms. The van der Waals surface area contributed by atoms with Crippen LogP contribution in [0.2, 0.25) is 0 Å². The molecule has 2 N–H and O–H groups in total. The van der Waals surface area contributed by atoms with Crippen LogP contribution in [0.4, 0.5) is 0 Å². The van der Waals surface area contributed by atoms with Gasteiger partial charge < -0.3 is 14.9 Å². The van der Waals surface area contributed by atoms with Crippen molar-refractivity contribution in [3.63, 3.8) is 0 Å². The molecule has 4 nitrogen and oxygen atoms in total. The Bertz CT molecular complexity index is 930. The summed E-state index contributed by atoms with van der Waals surface area (Å²) in [5, 5.41) is 19.0. The minimum absolute atomic E-state index is 0.0914. The molecule has 0 spiro atoms. The Balaban J connectivity index is 1.68. The molecule has 0 aliphatic heterocycles. The highest BCUT2D eigenvalue weighted by atomic mass is 16.5. The zero-order chi connectivity index (χ0) is 18.4. The maximum absolute atomic E-state index is 12.2. The largest absolute Gasteiger partial charge is 0.508 e. The molecule has 0 bridgehead atoms. The molecule has 0 saturated carbocycles. The lowest BCUT2D eigenvalue weighted by Crippen LogP contribution is -1.95. The number of hydrogen-bond donors (Lipinski definition) is 2. The summed E-state index contributed by atoms with van der Waals surface area (Å²) in [6, 6.07) is 21.1. The van der Waals surface area contributed by atoms with E-state index in [1.54, 1.807) is 6.08 Å². The SMILES string of the molecule is O=C(C=Cc1cccc(OCc2ccccc2)c1)c1ccc(O)cc1O. The lowest BCUT2D eigenvalue weighted by molar-refractivity contribution is 0.104. The minimum Gasteiger partial charge on any atom is -0.508 e. The summed E-state index contributed by atoms with van der Waals surface area (Å²) in [7, 11) is 0. The number of phenols is 2. The molecule has 0 amide bonds. The van der Waals surface area contributed by atoms with Gasteiger partial charge >= 0.3 is 0 Å². The van der Waals surface area contributed by atoms with Crippen LogP contribution in [-0.2, 0) is 6.61 Å². The Labute approximate surface area is 151 Å².